The molecular weight excluding hydrogens is 391 g/mol. The Hall–Kier alpha value is -3.31. The van der Waals surface area contributed by atoms with Gasteiger partial charge in [0.25, 0.3) is 0 Å². The Morgan fingerprint density at radius 3 is 2.90 bits per heavy atom. The summed E-state index contributed by atoms with van der Waals surface area (Å²) in [7, 11) is 1.60. The van der Waals surface area contributed by atoms with Crippen LogP contribution in [0, 0.1) is 17.1 Å². The zero-order valence-electron chi connectivity index (χ0n) is 15.8. The van der Waals surface area contributed by atoms with E-state index in [1.165, 1.54) is 28.8 Å². The lowest BCUT2D eigenvalue weighted by atomic mass is 10.2. The number of halogens is 1. The maximum absolute atomic E-state index is 14.2. The molecule has 3 aromatic rings. The van der Waals surface area contributed by atoms with E-state index < -0.39 is 5.82 Å². The van der Waals surface area contributed by atoms with Crippen LogP contribution in [0.1, 0.15) is 6.42 Å². The van der Waals surface area contributed by atoms with Crippen molar-refractivity contribution in [3.05, 3.63) is 66.7 Å². The van der Waals surface area contributed by atoms with Gasteiger partial charge in [-0.3, -0.25) is 9.36 Å². The van der Waals surface area contributed by atoms with Crippen LogP contribution in [0.25, 0.3) is 5.69 Å². The monoisotopic (exact) mass is 410 g/mol. The lowest BCUT2D eigenvalue weighted by Gasteiger charge is -2.22. The second kappa shape index (κ2) is 9.75. The number of hydrogen-bond donors (Lipinski definition) is 0. The minimum atomic E-state index is -0.498. The van der Waals surface area contributed by atoms with Gasteiger partial charge in [-0.2, -0.15) is 5.26 Å². The number of ether oxygens (including phenoxy) is 1. The molecule has 1 heterocycles. The third kappa shape index (κ3) is 4.95. The summed E-state index contributed by atoms with van der Waals surface area (Å²) in [6.45, 7) is 0.126. The molecule has 0 aliphatic rings. The van der Waals surface area contributed by atoms with Gasteiger partial charge in [0.05, 0.1) is 36.7 Å². The van der Waals surface area contributed by atoms with Crippen molar-refractivity contribution < 1.29 is 13.9 Å². The van der Waals surface area contributed by atoms with Crippen LogP contribution < -0.4 is 9.64 Å². The van der Waals surface area contributed by atoms with Crippen LogP contribution in [0.5, 0.6) is 5.75 Å². The highest BCUT2D eigenvalue weighted by Crippen LogP contribution is 2.25. The Balaban J connectivity index is 1.76. The smallest absolute Gasteiger partial charge is 0.237 e. The molecule has 0 bridgehead atoms. The standard InChI is InChI=1S/C21H19FN4O2S/c1-28-17-7-4-6-16(14-17)25-13-11-24-21(25)29-15-20(27)26(12-5-10-23)19-9-3-2-8-18(19)22/h2-4,6-9,11,13-14H,5,12,15H2,1H3. The Morgan fingerprint density at radius 2 is 2.14 bits per heavy atom. The quantitative estimate of drug-likeness (QED) is 0.524. The number of nitriles is 1. The van der Waals surface area contributed by atoms with Gasteiger partial charge in [0.15, 0.2) is 5.16 Å². The predicted octanol–water partition coefficient (Wildman–Crippen LogP) is 4.06. The normalized spacial score (nSPS) is 10.4. The topological polar surface area (TPSA) is 71.2 Å². The molecule has 0 atom stereocenters. The molecule has 0 saturated carbocycles. The molecule has 0 fully saturated rings. The largest absolute Gasteiger partial charge is 0.497 e. The molecule has 0 spiro atoms. The summed E-state index contributed by atoms with van der Waals surface area (Å²) >= 11 is 1.25. The van der Waals surface area contributed by atoms with Gasteiger partial charge in [0.2, 0.25) is 5.91 Å². The van der Waals surface area contributed by atoms with Crippen molar-refractivity contribution in [2.24, 2.45) is 0 Å². The van der Waals surface area contributed by atoms with E-state index in [0.717, 1.165) is 5.69 Å². The third-order valence-electron chi connectivity index (χ3n) is 4.15. The molecule has 0 N–H and O–H groups in total. The number of rotatable bonds is 8. The number of carbonyl (C=O) groups is 1. The Bertz CT molecular complexity index is 1030. The van der Waals surface area contributed by atoms with Crippen molar-refractivity contribution in [3.8, 4) is 17.5 Å². The summed E-state index contributed by atoms with van der Waals surface area (Å²) in [6, 6.07) is 15.5. The van der Waals surface area contributed by atoms with Crippen molar-refractivity contribution >= 4 is 23.4 Å². The van der Waals surface area contributed by atoms with E-state index in [9.17, 15) is 9.18 Å². The second-order valence-electron chi connectivity index (χ2n) is 5.97. The number of hydrogen-bond acceptors (Lipinski definition) is 5. The van der Waals surface area contributed by atoms with Crippen molar-refractivity contribution in [1.29, 1.82) is 5.26 Å². The maximum atomic E-state index is 14.2. The van der Waals surface area contributed by atoms with Gasteiger partial charge in [-0.1, -0.05) is 30.0 Å². The van der Waals surface area contributed by atoms with Crippen LogP contribution in [0.3, 0.4) is 0 Å². The molecule has 1 aromatic heterocycles. The van der Waals surface area contributed by atoms with E-state index >= 15 is 0 Å². The fraction of sp³-hybridized carbons (Fsp3) is 0.190. The van der Waals surface area contributed by atoms with E-state index in [0.29, 0.717) is 10.9 Å². The molecular formula is C21H19FN4O2S. The van der Waals surface area contributed by atoms with Gasteiger partial charge in [-0.05, 0) is 24.3 Å². The Labute approximate surface area is 172 Å². The molecule has 0 radical (unpaired) electrons. The minimum Gasteiger partial charge on any atom is -0.497 e. The molecule has 3 rings (SSSR count). The molecule has 0 unspecified atom stereocenters. The lowest BCUT2D eigenvalue weighted by Crippen LogP contribution is -2.34. The van der Waals surface area contributed by atoms with Crippen LogP contribution in [0.4, 0.5) is 10.1 Å². The van der Waals surface area contributed by atoms with Crippen LogP contribution in [0.2, 0.25) is 0 Å². The van der Waals surface area contributed by atoms with Crippen molar-refractivity contribution in [1.82, 2.24) is 9.55 Å². The third-order valence-corrected chi connectivity index (χ3v) is 5.11. The molecule has 6 nitrogen and oxygen atoms in total. The number of para-hydroxylation sites is 1. The fourth-order valence-electron chi connectivity index (χ4n) is 2.77. The first kappa shape index (κ1) is 20.4. The molecule has 148 valence electrons. The van der Waals surface area contributed by atoms with E-state index in [1.54, 1.807) is 31.6 Å². The highest BCUT2D eigenvalue weighted by atomic mass is 32.2. The molecule has 29 heavy (non-hydrogen) atoms. The number of thioether (sulfide) groups is 1. The van der Waals surface area contributed by atoms with E-state index in [-0.39, 0.29) is 30.3 Å². The van der Waals surface area contributed by atoms with Gasteiger partial charge in [0.1, 0.15) is 11.6 Å². The average Bonchev–Trinajstić information content (AvgIpc) is 3.22. The molecule has 0 aliphatic heterocycles. The highest BCUT2D eigenvalue weighted by Gasteiger charge is 2.20. The zero-order valence-corrected chi connectivity index (χ0v) is 16.6. The van der Waals surface area contributed by atoms with Crippen LogP contribution in [0.15, 0.2) is 66.1 Å². The average molecular weight is 410 g/mol. The molecule has 0 aliphatic carbocycles. The van der Waals surface area contributed by atoms with E-state index in [1.807, 2.05) is 34.9 Å². The van der Waals surface area contributed by atoms with Gasteiger partial charge in [-0.15, -0.1) is 0 Å². The number of anilines is 1. The number of carbonyl (C=O) groups excluding carboxylic acids is 1. The van der Waals surface area contributed by atoms with Crippen molar-refractivity contribution in [2.75, 3.05) is 24.3 Å². The first-order chi connectivity index (χ1) is 14.1. The van der Waals surface area contributed by atoms with E-state index in [2.05, 4.69) is 4.98 Å². The van der Waals surface area contributed by atoms with Crippen LogP contribution in [-0.2, 0) is 4.79 Å². The molecule has 1 amide bonds. The van der Waals surface area contributed by atoms with E-state index in [4.69, 9.17) is 10.00 Å². The summed E-state index contributed by atoms with van der Waals surface area (Å²) in [6.07, 6.45) is 3.56. The number of benzene rings is 2. The fourth-order valence-corrected chi connectivity index (χ4v) is 3.62. The maximum Gasteiger partial charge on any atom is 0.237 e. The first-order valence-corrected chi connectivity index (χ1v) is 9.85. The van der Waals surface area contributed by atoms with Crippen LogP contribution in [-0.4, -0.2) is 34.9 Å². The summed E-state index contributed by atoms with van der Waals surface area (Å²) < 4.78 is 21.3. The Morgan fingerprint density at radius 1 is 1.31 bits per heavy atom. The zero-order chi connectivity index (χ0) is 20.6. The highest BCUT2D eigenvalue weighted by molar-refractivity contribution is 7.99. The van der Waals surface area contributed by atoms with Gasteiger partial charge >= 0.3 is 0 Å². The van der Waals surface area contributed by atoms with Gasteiger partial charge < -0.3 is 9.64 Å². The summed E-state index contributed by atoms with van der Waals surface area (Å²) in [5.74, 6) is -0.0246. The number of amides is 1. The summed E-state index contributed by atoms with van der Waals surface area (Å²) in [4.78, 5) is 18.4. The second-order valence-corrected chi connectivity index (χ2v) is 6.92. The number of methoxy groups -OCH3 is 1. The van der Waals surface area contributed by atoms with Crippen LogP contribution >= 0.6 is 11.8 Å². The Kier molecular flexibility index (Phi) is 6.87. The van der Waals surface area contributed by atoms with Crippen molar-refractivity contribution in [3.63, 3.8) is 0 Å². The number of nitrogens with zero attached hydrogens (tertiary/aromatic N) is 4. The SMILES string of the molecule is COc1cccc(-n2ccnc2SCC(=O)N(CCC#N)c2ccccc2F)c1. The van der Waals surface area contributed by atoms with Crippen molar-refractivity contribution in [2.45, 2.75) is 11.6 Å². The predicted molar refractivity (Wildman–Crippen MR) is 110 cm³/mol. The van der Waals surface area contributed by atoms with Gasteiger partial charge in [0, 0.05) is 25.0 Å². The molecule has 2 aromatic carbocycles. The number of imidazole rings is 1. The van der Waals surface area contributed by atoms with Gasteiger partial charge in [-0.25, -0.2) is 9.37 Å². The summed E-state index contributed by atoms with van der Waals surface area (Å²) in [5.41, 5.74) is 1.02. The minimum absolute atomic E-state index is 0.0563. The lowest BCUT2D eigenvalue weighted by molar-refractivity contribution is -0.116. The molecule has 0 saturated heterocycles. The number of aromatic nitrogens is 2. The molecule has 8 heteroatoms. The summed E-state index contributed by atoms with van der Waals surface area (Å²) in [5, 5.41) is 9.51. The first-order valence-electron chi connectivity index (χ1n) is 8.86.